The maximum atomic E-state index is 12.1. The fraction of sp³-hybridized carbons (Fsp3) is 1.00. The summed E-state index contributed by atoms with van der Waals surface area (Å²) in [6.07, 6.45) is -2.24. The molecule has 0 spiro atoms. The van der Waals surface area contributed by atoms with E-state index in [1.807, 2.05) is 6.92 Å². The number of nitrogens with one attached hydrogen (secondary N) is 1. The fourth-order valence-corrected chi connectivity index (χ4v) is 1.42. The van der Waals surface area contributed by atoms with Crippen LogP contribution in [0.15, 0.2) is 0 Å². The molecule has 0 fully saturated rings. The molecule has 0 aliphatic carbocycles. The first-order chi connectivity index (χ1) is 6.47. The van der Waals surface area contributed by atoms with Gasteiger partial charge in [-0.3, -0.25) is 4.90 Å². The molecule has 0 aliphatic rings. The Morgan fingerprint density at radius 2 is 1.79 bits per heavy atom. The lowest BCUT2D eigenvalue weighted by atomic mass is 10.0. The molecule has 0 bridgehead atoms. The van der Waals surface area contributed by atoms with Crippen molar-refractivity contribution in [1.29, 1.82) is 0 Å². The maximum Gasteiger partial charge on any atom is 0.251 e. The highest BCUT2D eigenvalue weighted by Crippen LogP contribution is 2.04. The Morgan fingerprint density at radius 1 is 1.21 bits per heavy atom. The van der Waals surface area contributed by atoms with Crippen LogP contribution in [0.25, 0.3) is 0 Å². The first-order valence-electron chi connectivity index (χ1n) is 5.17. The summed E-state index contributed by atoms with van der Waals surface area (Å²) in [4.78, 5) is 1.68. The van der Waals surface area contributed by atoms with Crippen LogP contribution in [0.5, 0.6) is 0 Å². The molecule has 0 aromatic carbocycles. The molecule has 14 heavy (non-hydrogen) atoms. The molecule has 0 aliphatic heterocycles. The van der Waals surface area contributed by atoms with E-state index in [4.69, 9.17) is 0 Å². The van der Waals surface area contributed by atoms with Crippen LogP contribution in [0.2, 0.25) is 0 Å². The molecule has 0 aromatic heterocycles. The minimum absolute atomic E-state index is 0.144. The van der Waals surface area contributed by atoms with Crippen LogP contribution in [0.1, 0.15) is 20.8 Å². The van der Waals surface area contributed by atoms with Gasteiger partial charge in [-0.2, -0.15) is 0 Å². The lowest BCUT2D eigenvalue weighted by Gasteiger charge is -2.27. The first-order valence-corrected chi connectivity index (χ1v) is 5.17. The van der Waals surface area contributed by atoms with Crippen LogP contribution in [0.4, 0.5) is 8.78 Å². The Kier molecular flexibility index (Phi) is 7.01. The van der Waals surface area contributed by atoms with Gasteiger partial charge in [-0.05, 0) is 19.5 Å². The van der Waals surface area contributed by atoms with Crippen molar-refractivity contribution >= 4 is 0 Å². The maximum absolute atomic E-state index is 12.1. The van der Waals surface area contributed by atoms with E-state index in [2.05, 4.69) is 19.2 Å². The SMILES string of the molecule is CCNC(CN(C)CC(F)F)C(C)C. The van der Waals surface area contributed by atoms with Gasteiger partial charge in [0, 0.05) is 12.6 Å². The Morgan fingerprint density at radius 3 is 2.14 bits per heavy atom. The van der Waals surface area contributed by atoms with Crippen molar-refractivity contribution < 1.29 is 8.78 Å². The lowest BCUT2D eigenvalue weighted by Crippen LogP contribution is -2.44. The molecule has 86 valence electrons. The lowest BCUT2D eigenvalue weighted by molar-refractivity contribution is 0.0930. The third-order valence-electron chi connectivity index (χ3n) is 2.23. The Hall–Kier alpha value is -0.220. The molecule has 0 aromatic rings. The number of hydrogen-bond donors (Lipinski definition) is 1. The molecule has 0 saturated heterocycles. The van der Waals surface area contributed by atoms with Crippen molar-refractivity contribution in [2.45, 2.75) is 33.2 Å². The van der Waals surface area contributed by atoms with Crippen molar-refractivity contribution in [3.05, 3.63) is 0 Å². The van der Waals surface area contributed by atoms with Crippen molar-refractivity contribution in [2.75, 3.05) is 26.7 Å². The summed E-state index contributed by atoms with van der Waals surface area (Å²) in [6, 6.07) is 0.295. The van der Waals surface area contributed by atoms with E-state index in [0.29, 0.717) is 18.5 Å². The summed E-state index contributed by atoms with van der Waals surface area (Å²) in [5, 5.41) is 3.30. The minimum Gasteiger partial charge on any atom is -0.313 e. The van der Waals surface area contributed by atoms with Gasteiger partial charge in [0.15, 0.2) is 0 Å². The van der Waals surface area contributed by atoms with E-state index in [1.165, 1.54) is 0 Å². The van der Waals surface area contributed by atoms with Gasteiger partial charge in [-0.15, -0.1) is 0 Å². The van der Waals surface area contributed by atoms with Gasteiger partial charge in [0.1, 0.15) is 0 Å². The van der Waals surface area contributed by atoms with Gasteiger partial charge in [-0.25, -0.2) is 8.78 Å². The molecule has 1 N–H and O–H groups in total. The highest BCUT2D eigenvalue weighted by atomic mass is 19.3. The zero-order valence-electron chi connectivity index (χ0n) is 9.56. The number of nitrogens with zero attached hydrogens (tertiary/aromatic N) is 1. The average Bonchev–Trinajstić information content (AvgIpc) is 2.01. The Bertz CT molecular complexity index is 140. The molecule has 1 atom stereocenters. The van der Waals surface area contributed by atoms with Crippen LogP contribution in [0.3, 0.4) is 0 Å². The van der Waals surface area contributed by atoms with Crippen LogP contribution in [0, 0.1) is 5.92 Å². The molecule has 0 radical (unpaired) electrons. The smallest absolute Gasteiger partial charge is 0.251 e. The molecular weight excluding hydrogens is 186 g/mol. The molecule has 1 unspecified atom stereocenters. The monoisotopic (exact) mass is 208 g/mol. The molecule has 0 heterocycles. The first kappa shape index (κ1) is 13.8. The summed E-state index contributed by atoms with van der Waals surface area (Å²) in [6.45, 7) is 7.64. The minimum atomic E-state index is -2.24. The number of alkyl halides is 2. The molecule has 0 saturated carbocycles. The van der Waals surface area contributed by atoms with Crippen LogP contribution >= 0.6 is 0 Å². The van der Waals surface area contributed by atoms with E-state index in [-0.39, 0.29) is 6.54 Å². The second-order valence-electron chi connectivity index (χ2n) is 4.02. The summed E-state index contributed by atoms with van der Waals surface area (Å²) in [5.74, 6) is 0.468. The van der Waals surface area contributed by atoms with Crippen LogP contribution in [-0.2, 0) is 0 Å². The van der Waals surface area contributed by atoms with Crippen molar-refractivity contribution in [3.8, 4) is 0 Å². The van der Waals surface area contributed by atoms with Gasteiger partial charge < -0.3 is 5.32 Å². The summed E-state index contributed by atoms with van der Waals surface area (Å²) >= 11 is 0. The summed E-state index contributed by atoms with van der Waals surface area (Å²) in [7, 11) is 1.74. The average molecular weight is 208 g/mol. The third-order valence-corrected chi connectivity index (χ3v) is 2.23. The van der Waals surface area contributed by atoms with E-state index < -0.39 is 6.43 Å². The number of hydrogen-bond acceptors (Lipinski definition) is 2. The molecule has 0 amide bonds. The molecule has 4 heteroatoms. The highest BCUT2D eigenvalue weighted by Gasteiger charge is 2.16. The molecule has 2 nitrogen and oxygen atoms in total. The van der Waals surface area contributed by atoms with E-state index in [9.17, 15) is 8.78 Å². The summed E-state index contributed by atoms with van der Waals surface area (Å²) in [5.41, 5.74) is 0. The van der Waals surface area contributed by atoms with Gasteiger partial charge in [-0.1, -0.05) is 20.8 Å². The van der Waals surface area contributed by atoms with Crippen molar-refractivity contribution in [2.24, 2.45) is 5.92 Å². The fourth-order valence-electron chi connectivity index (χ4n) is 1.42. The number of likely N-dealkylation sites (N-methyl/N-ethyl adjacent to an activating group) is 2. The van der Waals surface area contributed by atoms with Crippen LogP contribution < -0.4 is 5.32 Å². The quantitative estimate of drug-likeness (QED) is 0.686. The molecule has 0 rings (SSSR count). The second kappa shape index (κ2) is 7.12. The standard InChI is InChI=1S/C10H22F2N2/c1-5-13-9(8(2)3)6-14(4)7-10(11)12/h8-10,13H,5-7H2,1-4H3. The van der Waals surface area contributed by atoms with Gasteiger partial charge >= 0.3 is 0 Å². The number of halogens is 2. The van der Waals surface area contributed by atoms with Crippen molar-refractivity contribution in [3.63, 3.8) is 0 Å². The molecular formula is C10H22F2N2. The normalized spacial score (nSPS) is 14.4. The van der Waals surface area contributed by atoms with Gasteiger partial charge in [0.2, 0.25) is 0 Å². The predicted octanol–water partition coefficient (Wildman–Crippen LogP) is 1.82. The number of rotatable bonds is 7. The topological polar surface area (TPSA) is 15.3 Å². The highest BCUT2D eigenvalue weighted by molar-refractivity contribution is 4.73. The summed E-state index contributed by atoms with van der Waals surface area (Å²) < 4.78 is 24.1. The van der Waals surface area contributed by atoms with Gasteiger partial charge in [0.25, 0.3) is 6.43 Å². The van der Waals surface area contributed by atoms with Crippen molar-refractivity contribution in [1.82, 2.24) is 10.2 Å². The second-order valence-corrected chi connectivity index (χ2v) is 4.02. The van der Waals surface area contributed by atoms with E-state index in [0.717, 1.165) is 6.54 Å². The van der Waals surface area contributed by atoms with Gasteiger partial charge in [0.05, 0.1) is 6.54 Å². The van der Waals surface area contributed by atoms with Crippen LogP contribution in [-0.4, -0.2) is 44.0 Å². The van der Waals surface area contributed by atoms with E-state index in [1.54, 1.807) is 11.9 Å². The van der Waals surface area contributed by atoms with E-state index >= 15 is 0 Å². The third kappa shape index (κ3) is 6.27. The Labute approximate surface area is 85.7 Å². The zero-order chi connectivity index (χ0) is 11.1. The largest absolute Gasteiger partial charge is 0.313 e. The Balaban J connectivity index is 3.89. The predicted molar refractivity (Wildman–Crippen MR) is 55.8 cm³/mol. The zero-order valence-corrected chi connectivity index (χ0v) is 9.56.